The Kier molecular flexibility index (Phi) is 6.92. The van der Waals surface area contributed by atoms with Gasteiger partial charge in [0.15, 0.2) is 0 Å². The van der Waals surface area contributed by atoms with E-state index in [-0.39, 0.29) is 25.5 Å². The largest absolute Gasteiger partial charge is 0.401 e. The number of halogens is 4. The molecular weight excluding hydrogens is 373 g/mol. The molecule has 0 radical (unpaired) electrons. The Labute approximate surface area is 153 Å². The first-order valence-corrected chi connectivity index (χ1v) is 8.16. The summed E-state index contributed by atoms with van der Waals surface area (Å²) in [7, 11) is 1.38. The molecule has 0 bridgehead atoms. The Morgan fingerprint density at radius 1 is 1.31 bits per heavy atom. The number of nitrogens with zero attached hydrogens (tertiary/aromatic N) is 5. The molecule has 0 unspecified atom stereocenters. The number of nitrogens with one attached hydrogen (secondary N) is 1. The van der Waals surface area contributed by atoms with Crippen LogP contribution in [0.5, 0.6) is 0 Å². The van der Waals surface area contributed by atoms with Crippen molar-refractivity contribution in [1.29, 1.82) is 0 Å². The number of aromatic nitrogens is 4. The van der Waals surface area contributed by atoms with E-state index in [2.05, 4.69) is 20.7 Å². The third kappa shape index (κ3) is 6.96. The second-order valence-corrected chi connectivity index (χ2v) is 6.14. The van der Waals surface area contributed by atoms with Gasteiger partial charge >= 0.3 is 6.18 Å². The zero-order valence-electron chi connectivity index (χ0n) is 14.0. The van der Waals surface area contributed by atoms with Gasteiger partial charge in [0, 0.05) is 17.1 Å². The number of benzene rings is 1. The van der Waals surface area contributed by atoms with E-state index in [1.165, 1.54) is 7.05 Å². The molecule has 0 aliphatic carbocycles. The van der Waals surface area contributed by atoms with Gasteiger partial charge in [-0.15, -0.1) is 10.2 Å². The van der Waals surface area contributed by atoms with Crippen LogP contribution in [-0.2, 0) is 11.3 Å². The van der Waals surface area contributed by atoms with Crippen molar-refractivity contribution in [3.63, 3.8) is 0 Å². The molecule has 1 aromatic carbocycles. The summed E-state index contributed by atoms with van der Waals surface area (Å²) >= 11 is 5.81. The third-order valence-electron chi connectivity index (χ3n) is 3.33. The highest BCUT2D eigenvalue weighted by molar-refractivity contribution is 6.30. The molecule has 142 valence electrons. The lowest BCUT2D eigenvalue weighted by atomic mass is 10.2. The van der Waals surface area contributed by atoms with Gasteiger partial charge in [-0.3, -0.25) is 9.69 Å². The van der Waals surface area contributed by atoms with Crippen LogP contribution in [0.25, 0.3) is 11.4 Å². The molecule has 1 amide bonds. The summed E-state index contributed by atoms with van der Waals surface area (Å²) in [4.78, 5) is 14.1. The summed E-state index contributed by atoms with van der Waals surface area (Å²) in [6, 6.07) is 6.86. The van der Waals surface area contributed by atoms with E-state index in [4.69, 9.17) is 11.6 Å². The highest BCUT2D eigenvalue weighted by Crippen LogP contribution is 2.17. The minimum absolute atomic E-state index is 0.126. The van der Waals surface area contributed by atoms with Gasteiger partial charge in [0.1, 0.15) is 6.54 Å². The zero-order valence-corrected chi connectivity index (χ0v) is 14.8. The second-order valence-electron chi connectivity index (χ2n) is 5.71. The zero-order chi connectivity index (χ0) is 19.2. The van der Waals surface area contributed by atoms with Crippen molar-refractivity contribution in [3.8, 4) is 11.4 Å². The van der Waals surface area contributed by atoms with Gasteiger partial charge in [0.05, 0.1) is 6.54 Å². The maximum absolute atomic E-state index is 12.2. The standard InChI is InChI=1S/C15H18ClF3N6O/c1-24(10-15(17,18)19)8-2-7-20-13(26)9-25-22-14(21-23-25)11-3-5-12(16)6-4-11/h3-6H,2,7-10H2,1H3,(H,20,26). The number of carbonyl (C=O) groups is 1. The monoisotopic (exact) mass is 390 g/mol. The normalized spacial score (nSPS) is 11.8. The van der Waals surface area contributed by atoms with E-state index in [1.807, 2.05) is 0 Å². The molecule has 0 spiro atoms. The van der Waals surface area contributed by atoms with Crippen LogP contribution in [0.4, 0.5) is 13.2 Å². The van der Waals surface area contributed by atoms with Crippen LogP contribution in [0.3, 0.4) is 0 Å². The van der Waals surface area contributed by atoms with Crippen molar-refractivity contribution in [2.24, 2.45) is 0 Å². The molecule has 0 fully saturated rings. The summed E-state index contributed by atoms with van der Waals surface area (Å²) < 4.78 is 36.6. The predicted molar refractivity (Wildman–Crippen MR) is 89.4 cm³/mol. The first kappa shape index (κ1) is 20.1. The minimum Gasteiger partial charge on any atom is -0.354 e. The Morgan fingerprint density at radius 3 is 2.65 bits per heavy atom. The molecule has 0 aliphatic rings. The maximum atomic E-state index is 12.2. The number of alkyl halides is 3. The fourth-order valence-electron chi connectivity index (χ4n) is 2.17. The molecule has 7 nitrogen and oxygen atoms in total. The fraction of sp³-hybridized carbons (Fsp3) is 0.467. The number of hydrogen-bond acceptors (Lipinski definition) is 5. The van der Waals surface area contributed by atoms with Crippen molar-refractivity contribution < 1.29 is 18.0 Å². The lowest BCUT2D eigenvalue weighted by molar-refractivity contribution is -0.143. The van der Waals surface area contributed by atoms with Crippen molar-refractivity contribution in [3.05, 3.63) is 29.3 Å². The summed E-state index contributed by atoms with van der Waals surface area (Å²) in [5, 5.41) is 15.0. The van der Waals surface area contributed by atoms with Gasteiger partial charge in [-0.1, -0.05) is 11.6 Å². The van der Waals surface area contributed by atoms with Crippen LogP contribution in [0.1, 0.15) is 6.42 Å². The van der Waals surface area contributed by atoms with Gasteiger partial charge in [0.25, 0.3) is 0 Å². The summed E-state index contributed by atoms with van der Waals surface area (Å²) in [6.45, 7) is -0.613. The predicted octanol–water partition coefficient (Wildman–Crippen LogP) is 1.99. The molecule has 1 aromatic heterocycles. The van der Waals surface area contributed by atoms with E-state index in [0.29, 0.717) is 22.8 Å². The average molecular weight is 391 g/mol. The number of carbonyl (C=O) groups excluding carboxylic acids is 1. The fourth-order valence-corrected chi connectivity index (χ4v) is 2.30. The number of amides is 1. The van der Waals surface area contributed by atoms with Crippen LogP contribution in [0, 0.1) is 0 Å². The number of rotatable bonds is 8. The highest BCUT2D eigenvalue weighted by atomic mass is 35.5. The van der Waals surface area contributed by atoms with Crippen molar-refractivity contribution >= 4 is 17.5 Å². The van der Waals surface area contributed by atoms with Gasteiger partial charge in [0.2, 0.25) is 11.7 Å². The smallest absolute Gasteiger partial charge is 0.354 e. The first-order valence-electron chi connectivity index (χ1n) is 7.79. The third-order valence-corrected chi connectivity index (χ3v) is 3.58. The quantitative estimate of drug-likeness (QED) is 0.698. The van der Waals surface area contributed by atoms with E-state index in [9.17, 15) is 18.0 Å². The Hall–Kier alpha value is -2.20. The van der Waals surface area contributed by atoms with E-state index >= 15 is 0 Å². The summed E-state index contributed by atoms with van der Waals surface area (Å²) in [5.74, 6) is 0.0202. The van der Waals surface area contributed by atoms with Crippen LogP contribution in [0.2, 0.25) is 5.02 Å². The molecule has 2 rings (SSSR count). The van der Waals surface area contributed by atoms with Gasteiger partial charge in [-0.25, -0.2) is 0 Å². The maximum Gasteiger partial charge on any atom is 0.401 e. The van der Waals surface area contributed by atoms with Gasteiger partial charge in [-0.2, -0.15) is 18.0 Å². The Morgan fingerprint density at radius 2 is 2.00 bits per heavy atom. The molecule has 0 aliphatic heterocycles. The number of hydrogen-bond donors (Lipinski definition) is 1. The average Bonchev–Trinajstić information content (AvgIpc) is 2.99. The molecule has 0 atom stereocenters. The van der Waals surface area contributed by atoms with E-state index in [0.717, 1.165) is 9.70 Å². The molecule has 26 heavy (non-hydrogen) atoms. The van der Waals surface area contributed by atoms with Gasteiger partial charge < -0.3 is 5.32 Å². The molecule has 1 N–H and O–H groups in total. The van der Waals surface area contributed by atoms with Crippen LogP contribution < -0.4 is 5.32 Å². The highest BCUT2D eigenvalue weighted by Gasteiger charge is 2.28. The molecule has 11 heteroatoms. The molecule has 2 aromatic rings. The Balaban J connectivity index is 1.72. The van der Waals surface area contributed by atoms with Crippen LogP contribution in [0.15, 0.2) is 24.3 Å². The van der Waals surface area contributed by atoms with Crippen molar-refractivity contribution in [1.82, 2.24) is 30.4 Å². The van der Waals surface area contributed by atoms with Crippen LogP contribution in [-0.4, -0.2) is 63.9 Å². The SMILES string of the molecule is CN(CCCNC(=O)Cn1nnc(-c2ccc(Cl)cc2)n1)CC(F)(F)F. The lowest BCUT2D eigenvalue weighted by Crippen LogP contribution is -2.34. The molecule has 0 saturated carbocycles. The van der Waals surface area contributed by atoms with Crippen molar-refractivity contribution in [2.75, 3.05) is 26.7 Å². The topological polar surface area (TPSA) is 75.9 Å². The summed E-state index contributed by atoms with van der Waals surface area (Å²) in [6.07, 6.45) is -3.82. The summed E-state index contributed by atoms with van der Waals surface area (Å²) in [5.41, 5.74) is 0.716. The van der Waals surface area contributed by atoms with Crippen LogP contribution >= 0.6 is 11.6 Å². The Bertz CT molecular complexity index is 719. The minimum atomic E-state index is -4.22. The van der Waals surface area contributed by atoms with E-state index < -0.39 is 12.7 Å². The van der Waals surface area contributed by atoms with Gasteiger partial charge in [-0.05, 0) is 49.5 Å². The lowest BCUT2D eigenvalue weighted by Gasteiger charge is -2.18. The number of tetrazole rings is 1. The molecule has 0 saturated heterocycles. The molecule has 1 heterocycles. The second kappa shape index (κ2) is 8.95. The van der Waals surface area contributed by atoms with Crippen molar-refractivity contribution in [2.45, 2.75) is 19.1 Å². The van der Waals surface area contributed by atoms with E-state index in [1.54, 1.807) is 24.3 Å². The molecular formula is C15H18ClF3N6O. The first-order chi connectivity index (χ1) is 12.2.